The van der Waals surface area contributed by atoms with Gasteiger partial charge in [-0.2, -0.15) is 0 Å². The van der Waals surface area contributed by atoms with E-state index < -0.39 is 0 Å². The van der Waals surface area contributed by atoms with Crippen molar-refractivity contribution in [3.63, 3.8) is 0 Å². The van der Waals surface area contributed by atoms with Crippen LogP contribution in [0.25, 0.3) is 0 Å². The zero-order valence-corrected chi connectivity index (χ0v) is 10.3. The second kappa shape index (κ2) is 5.89. The summed E-state index contributed by atoms with van der Waals surface area (Å²) in [5, 5.41) is 3.35. The van der Waals surface area contributed by atoms with Crippen molar-refractivity contribution in [1.82, 2.24) is 5.32 Å². The second-order valence-corrected chi connectivity index (χ2v) is 4.26. The number of fused-ring (bicyclic) bond motifs is 1. The molecule has 1 N–H and O–H groups in total. The van der Waals surface area contributed by atoms with Crippen LogP contribution < -0.4 is 14.8 Å². The summed E-state index contributed by atoms with van der Waals surface area (Å²) < 4.78 is 16.5. The SMILES string of the molecule is COCC(C)NCC1COc2ccccc2O1. The van der Waals surface area contributed by atoms with E-state index in [9.17, 15) is 0 Å². The van der Waals surface area contributed by atoms with Gasteiger partial charge in [0.05, 0.1) is 6.61 Å². The molecule has 1 aliphatic rings. The van der Waals surface area contributed by atoms with Crippen molar-refractivity contribution in [3.8, 4) is 11.5 Å². The van der Waals surface area contributed by atoms with E-state index in [1.165, 1.54) is 0 Å². The van der Waals surface area contributed by atoms with Crippen LogP contribution in [0.5, 0.6) is 11.5 Å². The zero-order valence-electron chi connectivity index (χ0n) is 10.3. The highest BCUT2D eigenvalue weighted by Gasteiger charge is 2.20. The molecule has 17 heavy (non-hydrogen) atoms. The molecule has 2 rings (SSSR count). The lowest BCUT2D eigenvalue weighted by molar-refractivity contribution is 0.0840. The van der Waals surface area contributed by atoms with Gasteiger partial charge < -0.3 is 19.5 Å². The van der Waals surface area contributed by atoms with Gasteiger partial charge in [0, 0.05) is 19.7 Å². The smallest absolute Gasteiger partial charge is 0.161 e. The molecular weight excluding hydrogens is 218 g/mol. The first-order valence-electron chi connectivity index (χ1n) is 5.90. The molecular formula is C13H19NO3. The van der Waals surface area contributed by atoms with Gasteiger partial charge in [0.2, 0.25) is 0 Å². The van der Waals surface area contributed by atoms with E-state index in [-0.39, 0.29) is 6.10 Å². The summed E-state index contributed by atoms with van der Waals surface area (Å²) in [6.07, 6.45) is 0.0595. The molecule has 2 atom stereocenters. The normalized spacial score (nSPS) is 20.0. The van der Waals surface area contributed by atoms with E-state index in [4.69, 9.17) is 14.2 Å². The average molecular weight is 237 g/mol. The van der Waals surface area contributed by atoms with Gasteiger partial charge >= 0.3 is 0 Å². The maximum absolute atomic E-state index is 5.83. The molecule has 1 aliphatic heterocycles. The van der Waals surface area contributed by atoms with Crippen molar-refractivity contribution in [2.24, 2.45) is 0 Å². The Morgan fingerprint density at radius 3 is 2.94 bits per heavy atom. The molecule has 0 aliphatic carbocycles. The zero-order chi connectivity index (χ0) is 12.1. The fourth-order valence-electron chi connectivity index (χ4n) is 1.81. The molecule has 94 valence electrons. The summed E-state index contributed by atoms with van der Waals surface area (Å²) in [5.41, 5.74) is 0. The number of methoxy groups -OCH3 is 1. The number of hydrogen-bond donors (Lipinski definition) is 1. The topological polar surface area (TPSA) is 39.7 Å². The van der Waals surface area contributed by atoms with E-state index in [0.29, 0.717) is 19.3 Å². The Labute approximate surface area is 102 Å². The number of para-hydroxylation sites is 2. The lowest BCUT2D eigenvalue weighted by Gasteiger charge is -2.27. The van der Waals surface area contributed by atoms with E-state index in [2.05, 4.69) is 12.2 Å². The quantitative estimate of drug-likeness (QED) is 0.841. The largest absolute Gasteiger partial charge is 0.486 e. The van der Waals surface area contributed by atoms with E-state index >= 15 is 0 Å². The minimum atomic E-state index is 0.0595. The van der Waals surface area contributed by atoms with Crippen LogP contribution in [0, 0.1) is 0 Å². The lowest BCUT2D eigenvalue weighted by Crippen LogP contribution is -2.42. The van der Waals surface area contributed by atoms with Gasteiger partial charge in [0.15, 0.2) is 11.5 Å². The standard InChI is InChI=1S/C13H19NO3/c1-10(8-15-2)14-7-11-9-16-12-5-3-4-6-13(12)17-11/h3-6,10-11,14H,7-9H2,1-2H3. The monoisotopic (exact) mass is 237 g/mol. The first kappa shape index (κ1) is 12.2. The summed E-state index contributed by atoms with van der Waals surface area (Å²) >= 11 is 0. The van der Waals surface area contributed by atoms with Crippen molar-refractivity contribution >= 4 is 0 Å². The Morgan fingerprint density at radius 1 is 1.41 bits per heavy atom. The molecule has 1 heterocycles. The van der Waals surface area contributed by atoms with Crippen LogP contribution in [0.3, 0.4) is 0 Å². The van der Waals surface area contributed by atoms with Crippen LogP contribution in [-0.4, -0.2) is 39.0 Å². The summed E-state index contributed by atoms with van der Waals surface area (Å²) in [7, 11) is 1.70. The first-order valence-corrected chi connectivity index (χ1v) is 5.90. The Bertz CT molecular complexity index is 356. The van der Waals surface area contributed by atoms with Gasteiger partial charge in [-0.25, -0.2) is 0 Å². The number of ether oxygens (including phenoxy) is 3. The highest BCUT2D eigenvalue weighted by atomic mass is 16.6. The molecule has 4 nitrogen and oxygen atoms in total. The molecule has 0 amide bonds. The third kappa shape index (κ3) is 3.35. The first-order chi connectivity index (χ1) is 8.29. The summed E-state index contributed by atoms with van der Waals surface area (Å²) in [4.78, 5) is 0. The molecule has 0 bridgehead atoms. The third-order valence-corrected chi connectivity index (χ3v) is 2.68. The van der Waals surface area contributed by atoms with Crippen molar-refractivity contribution < 1.29 is 14.2 Å². The number of hydrogen-bond acceptors (Lipinski definition) is 4. The molecule has 0 fully saturated rings. The maximum Gasteiger partial charge on any atom is 0.161 e. The molecule has 1 aromatic rings. The van der Waals surface area contributed by atoms with Gasteiger partial charge in [-0.1, -0.05) is 12.1 Å². The molecule has 4 heteroatoms. The number of benzene rings is 1. The highest BCUT2D eigenvalue weighted by molar-refractivity contribution is 5.40. The van der Waals surface area contributed by atoms with Crippen LogP contribution in [-0.2, 0) is 4.74 Å². The lowest BCUT2D eigenvalue weighted by atomic mass is 10.2. The molecule has 0 saturated heterocycles. The summed E-state index contributed by atoms with van der Waals surface area (Å²) in [5.74, 6) is 1.65. The van der Waals surface area contributed by atoms with Crippen LogP contribution in [0.4, 0.5) is 0 Å². The molecule has 0 aromatic heterocycles. The fraction of sp³-hybridized carbons (Fsp3) is 0.538. The van der Waals surface area contributed by atoms with Crippen molar-refractivity contribution in [3.05, 3.63) is 24.3 Å². The van der Waals surface area contributed by atoms with Crippen LogP contribution >= 0.6 is 0 Å². The summed E-state index contributed by atoms with van der Waals surface area (Å²) in [6, 6.07) is 8.07. The van der Waals surface area contributed by atoms with Crippen molar-refractivity contribution in [1.29, 1.82) is 0 Å². The van der Waals surface area contributed by atoms with Gasteiger partial charge in [0.1, 0.15) is 12.7 Å². The number of rotatable bonds is 5. The molecule has 0 spiro atoms. The summed E-state index contributed by atoms with van der Waals surface area (Å²) in [6.45, 7) is 4.13. The van der Waals surface area contributed by atoms with Gasteiger partial charge in [-0.15, -0.1) is 0 Å². The van der Waals surface area contributed by atoms with Crippen molar-refractivity contribution in [2.75, 3.05) is 26.9 Å². The van der Waals surface area contributed by atoms with E-state index in [1.54, 1.807) is 7.11 Å². The second-order valence-electron chi connectivity index (χ2n) is 4.26. The minimum absolute atomic E-state index is 0.0595. The van der Waals surface area contributed by atoms with Gasteiger partial charge in [0.25, 0.3) is 0 Å². The molecule has 0 saturated carbocycles. The predicted octanol–water partition coefficient (Wildman–Crippen LogP) is 1.45. The third-order valence-electron chi connectivity index (χ3n) is 2.68. The Kier molecular flexibility index (Phi) is 4.23. The van der Waals surface area contributed by atoms with Gasteiger partial charge in [-0.05, 0) is 19.1 Å². The molecule has 0 radical (unpaired) electrons. The van der Waals surface area contributed by atoms with E-state index in [0.717, 1.165) is 18.0 Å². The minimum Gasteiger partial charge on any atom is -0.486 e. The Hall–Kier alpha value is -1.26. The number of nitrogens with one attached hydrogen (secondary N) is 1. The predicted molar refractivity (Wildman–Crippen MR) is 65.7 cm³/mol. The fourth-order valence-corrected chi connectivity index (χ4v) is 1.81. The van der Waals surface area contributed by atoms with E-state index in [1.807, 2.05) is 24.3 Å². The maximum atomic E-state index is 5.83. The van der Waals surface area contributed by atoms with Crippen LogP contribution in [0.2, 0.25) is 0 Å². The Morgan fingerprint density at radius 2 is 2.18 bits per heavy atom. The van der Waals surface area contributed by atoms with Gasteiger partial charge in [-0.3, -0.25) is 0 Å². The van der Waals surface area contributed by atoms with Crippen LogP contribution in [0.1, 0.15) is 6.92 Å². The van der Waals surface area contributed by atoms with Crippen LogP contribution in [0.15, 0.2) is 24.3 Å². The van der Waals surface area contributed by atoms with Crippen molar-refractivity contribution in [2.45, 2.75) is 19.1 Å². The molecule has 2 unspecified atom stereocenters. The average Bonchev–Trinajstić information content (AvgIpc) is 2.36. The Balaban J connectivity index is 1.82. The highest BCUT2D eigenvalue weighted by Crippen LogP contribution is 2.30. The molecule has 1 aromatic carbocycles.